The first-order valence-corrected chi connectivity index (χ1v) is 10.3. The molecule has 2 aromatic rings. The highest BCUT2D eigenvalue weighted by Crippen LogP contribution is 2.35. The Morgan fingerprint density at radius 1 is 1.13 bits per heavy atom. The number of likely N-dealkylation sites (N-methyl/N-ethyl adjacent to an activating group) is 1. The predicted octanol–water partition coefficient (Wildman–Crippen LogP) is 4.25. The van der Waals surface area contributed by atoms with Gasteiger partial charge in [-0.2, -0.15) is 0 Å². The Balaban J connectivity index is 1.83. The number of imide groups is 1. The van der Waals surface area contributed by atoms with Gasteiger partial charge in [0, 0.05) is 23.2 Å². The number of benzene rings is 2. The zero-order valence-electron chi connectivity index (χ0n) is 16.9. The Morgan fingerprint density at radius 3 is 2.39 bits per heavy atom. The summed E-state index contributed by atoms with van der Waals surface area (Å²) in [6, 6.07) is 9.05. The third-order valence-electron chi connectivity index (χ3n) is 4.48. The molecule has 9 nitrogen and oxygen atoms in total. The largest absolute Gasteiger partial charge is 0.490 e. The molecule has 0 aromatic heterocycles. The molecular formula is C21H20BrN3O6. The fourth-order valence-corrected chi connectivity index (χ4v) is 3.37. The lowest BCUT2D eigenvalue weighted by molar-refractivity contribution is -0.384. The van der Waals surface area contributed by atoms with Gasteiger partial charge in [0.15, 0.2) is 11.5 Å². The van der Waals surface area contributed by atoms with Crippen molar-refractivity contribution in [2.24, 2.45) is 0 Å². The molecule has 3 rings (SSSR count). The Morgan fingerprint density at radius 2 is 1.81 bits per heavy atom. The van der Waals surface area contributed by atoms with Crippen molar-refractivity contribution in [3.8, 4) is 11.5 Å². The average molecular weight is 490 g/mol. The lowest BCUT2D eigenvalue weighted by Crippen LogP contribution is -2.30. The van der Waals surface area contributed by atoms with Crippen LogP contribution < -0.4 is 14.8 Å². The van der Waals surface area contributed by atoms with Crippen LogP contribution in [0.4, 0.5) is 10.5 Å². The van der Waals surface area contributed by atoms with E-state index in [0.717, 1.165) is 10.5 Å². The molecular weight excluding hydrogens is 470 g/mol. The topological polar surface area (TPSA) is 111 Å². The number of amides is 3. The molecule has 10 heteroatoms. The highest BCUT2D eigenvalue weighted by atomic mass is 79.9. The summed E-state index contributed by atoms with van der Waals surface area (Å²) in [5, 5.41) is 13.3. The Bertz CT molecular complexity index is 1050. The molecule has 1 aliphatic rings. The van der Waals surface area contributed by atoms with Gasteiger partial charge in [-0.3, -0.25) is 19.8 Å². The molecule has 31 heavy (non-hydrogen) atoms. The van der Waals surface area contributed by atoms with Gasteiger partial charge >= 0.3 is 6.03 Å². The number of carbonyl (C=O) groups excluding carboxylic acids is 2. The van der Waals surface area contributed by atoms with E-state index < -0.39 is 16.9 Å². The molecule has 0 saturated carbocycles. The van der Waals surface area contributed by atoms with E-state index in [1.807, 2.05) is 6.92 Å². The third kappa shape index (κ3) is 5.02. The van der Waals surface area contributed by atoms with E-state index >= 15 is 0 Å². The van der Waals surface area contributed by atoms with Gasteiger partial charge in [-0.1, -0.05) is 15.9 Å². The van der Waals surface area contributed by atoms with Crippen molar-refractivity contribution in [2.75, 3.05) is 13.2 Å². The summed E-state index contributed by atoms with van der Waals surface area (Å²) in [5.74, 6) is 0.533. The van der Waals surface area contributed by atoms with E-state index in [-0.39, 0.29) is 24.5 Å². The molecule has 0 atom stereocenters. The van der Waals surface area contributed by atoms with Crippen LogP contribution in [0.1, 0.15) is 25.0 Å². The minimum atomic E-state index is -0.459. The lowest BCUT2D eigenvalue weighted by Gasteiger charge is -2.14. The third-order valence-corrected chi connectivity index (χ3v) is 5.17. The van der Waals surface area contributed by atoms with Gasteiger partial charge in [0.25, 0.3) is 11.6 Å². The zero-order valence-corrected chi connectivity index (χ0v) is 18.5. The smallest absolute Gasteiger partial charge is 0.328 e. The number of halogens is 1. The van der Waals surface area contributed by atoms with Crippen LogP contribution in [0.3, 0.4) is 0 Å². The molecule has 0 unspecified atom stereocenters. The molecule has 1 aliphatic heterocycles. The fraction of sp³-hybridized carbons (Fsp3) is 0.238. The second-order valence-corrected chi connectivity index (χ2v) is 7.36. The normalized spacial score (nSPS) is 14.7. The van der Waals surface area contributed by atoms with E-state index in [1.165, 1.54) is 12.1 Å². The van der Waals surface area contributed by atoms with Crippen LogP contribution in [0.25, 0.3) is 6.08 Å². The van der Waals surface area contributed by atoms with Crippen molar-refractivity contribution in [1.82, 2.24) is 10.2 Å². The van der Waals surface area contributed by atoms with Gasteiger partial charge in [-0.05, 0) is 55.3 Å². The van der Waals surface area contributed by atoms with Crippen LogP contribution in [0.5, 0.6) is 11.5 Å². The van der Waals surface area contributed by atoms with Crippen molar-refractivity contribution in [2.45, 2.75) is 20.5 Å². The molecule has 0 bridgehead atoms. The number of non-ortho nitro benzene ring substituents is 1. The molecule has 162 valence electrons. The Labute approximate surface area is 186 Å². The maximum atomic E-state index is 12.3. The van der Waals surface area contributed by atoms with E-state index in [9.17, 15) is 19.7 Å². The van der Waals surface area contributed by atoms with Crippen LogP contribution in [-0.4, -0.2) is 34.9 Å². The summed E-state index contributed by atoms with van der Waals surface area (Å²) in [6.45, 7) is 4.42. The molecule has 0 radical (unpaired) electrons. The van der Waals surface area contributed by atoms with Gasteiger partial charge in [0.2, 0.25) is 0 Å². The maximum Gasteiger partial charge on any atom is 0.328 e. The summed E-state index contributed by atoms with van der Waals surface area (Å²) in [5.41, 5.74) is 1.57. The van der Waals surface area contributed by atoms with E-state index in [2.05, 4.69) is 21.2 Å². The van der Waals surface area contributed by atoms with Crippen LogP contribution in [0.2, 0.25) is 0 Å². The Hall–Kier alpha value is -3.40. The van der Waals surface area contributed by atoms with Crippen LogP contribution >= 0.6 is 15.9 Å². The number of nitro benzene ring substituents is 1. The number of urea groups is 1. The fourth-order valence-electron chi connectivity index (χ4n) is 2.93. The number of carbonyl (C=O) groups is 2. The number of nitrogens with one attached hydrogen (secondary N) is 1. The molecule has 0 aliphatic carbocycles. The molecule has 1 saturated heterocycles. The number of hydrogen-bond acceptors (Lipinski definition) is 6. The highest BCUT2D eigenvalue weighted by Gasteiger charge is 2.32. The molecule has 2 aromatic carbocycles. The quantitative estimate of drug-likeness (QED) is 0.256. The molecule has 0 spiro atoms. The first-order chi connectivity index (χ1) is 14.8. The van der Waals surface area contributed by atoms with E-state index in [1.54, 1.807) is 37.3 Å². The van der Waals surface area contributed by atoms with Crippen molar-refractivity contribution in [3.05, 3.63) is 67.8 Å². The first kappa shape index (κ1) is 22.3. The van der Waals surface area contributed by atoms with Gasteiger partial charge < -0.3 is 14.8 Å². The molecule has 1 N–H and O–H groups in total. The van der Waals surface area contributed by atoms with Crippen LogP contribution in [-0.2, 0) is 11.4 Å². The minimum Gasteiger partial charge on any atom is -0.490 e. The number of ether oxygens (including phenoxy) is 2. The standard InChI is InChI=1S/C21H20BrN3O6/c1-3-24-20(26)17(23-21(24)27)9-14-10-18(30-4-2)19(11-16(14)22)31-12-13-5-7-15(8-6-13)25(28)29/h5-11H,3-4,12H2,1-2H3,(H,23,27)/b17-9+. The van der Waals surface area contributed by atoms with Crippen LogP contribution in [0.15, 0.2) is 46.6 Å². The van der Waals surface area contributed by atoms with Crippen molar-refractivity contribution in [1.29, 1.82) is 0 Å². The molecule has 1 heterocycles. The predicted molar refractivity (Wildman–Crippen MR) is 117 cm³/mol. The van der Waals surface area contributed by atoms with Crippen molar-refractivity contribution < 1.29 is 24.0 Å². The summed E-state index contributed by atoms with van der Waals surface area (Å²) in [6.07, 6.45) is 1.57. The maximum absolute atomic E-state index is 12.3. The summed E-state index contributed by atoms with van der Waals surface area (Å²) in [7, 11) is 0. The zero-order chi connectivity index (χ0) is 22.5. The molecule has 3 amide bonds. The number of hydrogen-bond donors (Lipinski definition) is 1. The summed E-state index contributed by atoms with van der Waals surface area (Å²) < 4.78 is 12.2. The van der Waals surface area contributed by atoms with Gasteiger partial charge in [-0.25, -0.2) is 4.79 Å². The molecule has 1 fully saturated rings. The van der Waals surface area contributed by atoms with Crippen LogP contribution in [0, 0.1) is 10.1 Å². The number of rotatable bonds is 8. The monoisotopic (exact) mass is 489 g/mol. The Kier molecular flexibility index (Phi) is 6.91. The second kappa shape index (κ2) is 9.61. The lowest BCUT2D eigenvalue weighted by atomic mass is 10.1. The minimum absolute atomic E-state index is 0.00841. The van der Waals surface area contributed by atoms with E-state index in [4.69, 9.17) is 9.47 Å². The second-order valence-electron chi connectivity index (χ2n) is 6.50. The summed E-state index contributed by atoms with van der Waals surface area (Å²) in [4.78, 5) is 35.6. The van der Waals surface area contributed by atoms with Gasteiger partial charge in [-0.15, -0.1) is 0 Å². The van der Waals surface area contributed by atoms with Crippen molar-refractivity contribution >= 4 is 39.6 Å². The number of nitro groups is 1. The summed E-state index contributed by atoms with van der Waals surface area (Å²) >= 11 is 3.47. The van der Waals surface area contributed by atoms with Crippen molar-refractivity contribution in [3.63, 3.8) is 0 Å². The number of nitrogens with zero attached hydrogens (tertiary/aromatic N) is 2. The van der Waals surface area contributed by atoms with Gasteiger partial charge in [0.05, 0.1) is 11.5 Å². The average Bonchev–Trinajstić information content (AvgIpc) is 3.01. The highest BCUT2D eigenvalue weighted by molar-refractivity contribution is 9.10. The first-order valence-electron chi connectivity index (χ1n) is 9.51. The van der Waals surface area contributed by atoms with Gasteiger partial charge in [0.1, 0.15) is 12.3 Å². The van der Waals surface area contributed by atoms with E-state index in [0.29, 0.717) is 28.1 Å². The SMILES string of the molecule is CCOc1cc(/C=C2/NC(=O)N(CC)C2=O)c(Br)cc1OCc1ccc([N+](=O)[O-])cc1.